The normalized spacial score (nSPS) is 10.7. The summed E-state index contributed by atoms with van der Waals surface area (Å²) >= 11 is 0. The molecule has 1 aromatic heterocycles. The summed E-state index contributed by atoms with van der Waals surface area (Å²) in [6, 6.07) is 9.31. The Kier molecular flexibility index (Phi) is 5.12. The molecule has 0 saturated carbocycles. The Morgan fingerprint density at radius 3 is 2.48 bits per heavy atom. The predicted molar refractivity (Wildman–Crippen MR) is 70.5 cm³/mol. The Bertz CT molecular complexity index is 762. The Morgan fingerprint density at radius 1 is 1.19 bits per heavy atom. The predicted octanol–water partition coefficient (Wildman–Crippen LogP) is -2.63. The van der Waals surface area contributed by atoms with Gasteiger partial charge in [-0.3, -0.25) is 9.35 Å². The first-order valence-electron chi connectivity index (χ1n) is 5.72. The first kappa shape index (κ1) is 16.7. The van der Waals surface area contributed by atoms with Gasteiger partial charge in [0.25, 0.3) is 16.0 Å². The van der Waals surface area contributed by atoms with Gasteiger partial charge in [0.1, 0.15) is 10.5 Å². The molecule has 1 heterocycles. The fraction of sp³-hybridized carbons (Fsp3) is 0.0769. The molecule has 0 aliphatic rings. The molecule has 0 radical (unpaired) electrons. The van der Waals surface area contributed by atoms with E-state index in [1.807, 2.05) is 0 Å². The van der Waals surface area contributed by atoms with Gasteiger partial charge in [-0.25, -0.2) is 0 Å². The average molecular weight is 312 g/mol. The molecule has 21 heavy (non-hydrogen) atoms. The molecule has 0 unspecified atom stereocenters. The van der Waals surface area contributed by atoms with E-state index in [1.54, 1.807) is 35.0 Å². The van der Waals surface area contributed by atoms with Crippen molar-refractivity contribution in [2.75, 3.05) is 0 Å². The molecule has 0 aliphatic carbocycles. The average Bonchev–Trinajstić information content (AvgIpc) is 2.38. The summed E-state index contributed by atoms with van der Waals surface area (Å²) in [4.78, 5) is 10.9. The maximum Gasteiger partial charge on any atom is 0.295 e. The summed E-state index contributed by atoms with van der Waals surface area (Å²) in [6.45, 7) is 0.192. The molecule has 8 heteroatoms. The van der Waals surface area contributed by atoms with Crippen LogP contribution in [0.3, 0.4) is 0 Å². The monoisotopic (exact) mass is 312 g/mol. The molecule has 0 bridgehead atoms. The minimum atomic E-state index is -4.28. The lowest BCUT2D eigenvalue weighted by Gasteiger charge is -2.04. The van der Waals surface area contributed by atoms with Crippen LogP contribution in [0.4, 0.5) is 0 Å². The van der Waals surface area contributed by atoms with E-state index in [9.17, 15) is 17.8 Å². The lowest BCUT2D eigenvalue weighted by Crippen LogP contribution is -3.00. The van der Waals surface area contributed by atoms with Crippen LogP contribution in [-0.4, -0.2) is 18.9 Å². The van der Waals surface area contributed by atoms with E-state index in [2.05, 4.69) is 0 Å². The van der Waals surface area contributed by atoms with Gasteiger partial charge in [-0.2, -0.15) is 13.0 Å². The van der Waals surface area contributed by atoms with Gasteiger partial charge in [0.15, 0.2) is 18.9 Å². The summed E-state index contributed by atoms with van der Waals surface area (Å²) in [5.41, 5.74) is 5.92. The maximum atomic E-state index is 11.3. The number of aromatic nitrogens is 1. The number of nitrogens with two attached hydrogens (primary N) is 1. The van der Waals surface area contributed by atoms with Crippen molar-refractivity contribution < 1.29 is 27.0 Å². The Balaban J connectivity index is 0.00000220. The summed E-state index contributed by atoms with van der Waals surface area (Å²) in [5, 5.41) is 0. The molecule has 2 aromatic rings. The maximum absolute atomic E-state index is 11.3. The molecule has 0 aliphatic heterocycles. The van der Waals surface area contributed by atoms with Crippen molar-refractivity contribution in [1.82, 2.24) is 0 Å². The van der Waals surface area contributed by atoms with Gasteiger partial charge in [-0.1, -0.05) is 18.2 Å². The Morgan fingerprint density at radius 2 is 1.86 bits per heavy atom. The minimum absolute atomic E-state index is 0. The molecule has 6 nitrogen and oxygen atoms in total. The van der Waals surface area contributed by atoms with Crippen LogP contribution in [0.5, 0.6) is 0 Å². The molecule has 3 N–H and O–H groups in total. The summed E-state index contributed by atoms with van der Waals surface area (Å²) in [5.74, 6) is -0.567. The van der Waals surface area contributed by atoms with Crippen LogP contribution >= 0.6 is 0 Å². The van der Waals surface area contributed by atoms with E-state index >= 15 is 0 Å². The van der Waals surface area contributed by atoms with E-state index in [-0.39, 0.29) is 16.1 Å². The number of hydrogen-bond donors (Lipinski definition) is 2. The number of halogens is 1. The van der Waals surface area contributed by atoms with Crippen LogP contribution in [0.2, 0.25) is 0 Å². The second-order valence-corrected chi connectivity index (χ2v) is 5.60. The standard InChI is InChI=1S/C13H12N2O4S.FH/c14-13(16)11-5-3-7-15(9-11)8-10-4-1-2-6-12(10)20(17,18)19;/h1-7,9H,8H2,(H2-,14,16,17,18,19);1H. The van der Waals surface area contributed by atoms with Gasteiger partial charge in [0.2, 0.25) is 0 Å². The quantitative estimate of drug-likeness (QED) is 0.476. The van der Waals surface area contributed by atoms with Crippen LogP contribution in [0.25, 0.3) is 0 Å². The number of rotatable bonds is 4. The number of primary amides is 1. The Labute approximate surface area is 121 Å². The number of hydrogen-bond acceptors (Lipinski definition) is 3. The highest BCUT2D eigenvalue weighted by Crippen LogP contribution is 2.14. The summed E-state index contributed by atoms with van der Waals surface area (Å²) < 4.78 is 33.4. The number of carbonyl (C=O) groups is 1. The molecule has 0 saturated heterocycles. The molecule has 0 spiro atoms. The number of carbonyl (C=O) groups excluding carboxylic acids is 1. The molecule has 2 rings (SSSR count). The summed E-state index contributed by atoms with van der Waals surface area (Å²) in [6.07, 6.45) is 3.19. The number of benzene rings is 1. The van der Waals surface area contributed by atoms with Crippen molar-refractivity contribution in [2.45, 2.75) is 11.4 Å². The molecule has 0 atom stereocenters. The van der Waals surface area contributed by atoms with Crippen LogP contribution in [0, 0.1) is 0 Å². The van der Waals surface area contributed by atoms with E-state index < -0.39 is 16.0 Å². The van der Waals surface area contributed by atoms with Crippen molar-refractivity contribution in [1.29, 1.82) is 0 Å². The zero-order valence-corrected chi connectivity index (χ0v) is 11.6. The zero-order chi connectivity index (χ0) is 14.8. The molecular weight excluding hydrogens is 299 g/mol. The first-order valence-corrected chi connectivity index (χ1v) is 7.16. The fourth-order valence-electron chi connectivity index (χ4n) is 1.85. The lowest BCUT2D eigenvalue weighted by molar-refractivity contribution is -0.688. The largest absolute Gasteiger partial charge is 1.00 e. The van der Waals surface area contributed by atoms with Gasteiger partial charge < -0.3 is 10.4 Å². The van der Waals surface area contributed by atoms with Crippen LogP contribution in [0.15, 0.2) is 53.7 Å². The third-order valence-corrected chi connectivity index (χ3v) is 3.70. The Hall–Kier alpha value is -2.32. The van der Waals surface area contributed by atoms with Crippen LogP contribution in [-0.2, 0) is 16.7 Å². The molecule has 1 amide bonds. The highest BCUT2D eigenvalue weighted by Gasteiger charge is 2.17. The van der Waals surface area contributed by atoms with Crippen molar-refractivity contribution >= 4 is 16.0 Å². The topological polar surface area (TPSA) is 101 Å². The van der Waals surface area contributed by atoms with Crippen molar-refractivity contribution in [3.05, 3.63) is 59.9 Å². The van der Waals surface area contributed by atoms with Gasteiger partial charge in [-0.05, 0) is 12.1 Å². The smallest absolute Gasteiger partial charge is 0.295 e. The molecule has 112 valence electrons. The van der Waals surface area contributed by atoms with Crippen molar-refractivity contribution in [3.63, 3.8) is 0 Å². The molecule has 1 aromatic carbocycles. The highest BCUT2D eigenvalue weighted by molar-refractivity contribution is 7.85. The SMILES string of the molecule is NC(=O)c1ccc[n+](Cc2ccccc2S(=O)(=O)O)c1.[F-]. The molecular formula is C13H13FN2O4S. The third kappa shape index (κ3) is 4.07. The van der Waals surface area contributed by atoms with E-state index in [0.29, 0.717) is 11.1 Å². The van der Waals surface area contributed by atoms with Gasteiger partial charge in [0, 0.05) is 11.6 Å². The van der Waals surface area contributed by atoms with Crippen molar-refractivity contribution in [3.8, 4) is 0 Å². The zero-order valence-electron chi connectivity index (χ0n) is 10.8. The highest BCUT2D eigenvalue weighted by atomic mass is 32.2. The number of nitrogens with zero attached hydrogens (tertiary/aromatic N) is 1. The summed E-state index contributed by atoms with van der Waals surface area (Å²) in [7, 11) is -4.28. The van der Waals surface area contributed by atoms with Crippen LogP contribution < -0.4 is 15.0 Å². The fourth-order valence-corrected chi connectivity index (χ4v) is 2.56. The number of amides is 1. The van der Waals surface area contributed by atoms with Gasteiger partial charge in [0.05, 0.1) is 0 Å². The van der Waals surface area contributed by atoms with Gasteiger partial charge in [-0.15, -0.1) is 0 Å². The second-order valence-electron chi connectivity index (χ2n) is 4.21. The second kappa shape index (κ2) is 6.42. The number of pyridine rings is 1. The first-order chi connectivity index (χ1) is 9.38. The minimum Gasteiger partial charge on any atom is -1.00 e. The van der Waals surface area contributed by atoms with E-state index in [0.717, 1.165) is 0 Å². The van der Waals surface area contributed by atoms with Gasteiger partial charge >= 0.3 is 0 Å². The van der Waals surface area contributed by atoms with Crippen molar-refractivity contribution in [2.24, 2.45) is 5.73 Å². The van der Waals surface area contributed by atoms with Crippen LogP contribution in [0.1, 0.15) is 15.9 Å². The third-order valence-electron chi connectivity index (χ3n) is 2.75. The van der Waals surface area contributed by atoms with E-state index in [4.69, 9.17) is 5.73 Å². The molecule has 0 fully saturated rings. The lowest BCUT2D eigenvalue weighted by atomic mass is 10.2. The van der Waals surface area contributed by atoms with E-state index in [1.165, 1.54) is 18.3 Å².